The number of halogens is 2. The number of benzene rings is 2. The van der Waals surface area contributed by atoms with E-state index >= 15 is 0 Å². The molecule has 0 aliphatic carbocycles. The van der Waals surface area contributed by atoms with Crippen LogP contribution >= 0.6 is 27.5 Å². The van der Waals surface area contributed by atoms with E-state index in [-0.39, 0.29) is 11.8 Å². The number of anilines is 2. The summed E-state index contributed by atoms with van der Waals surface area (Å²) in [5.41, 5.74) is 2.77. The molecule has 3 nitrogen and oxygen atoms in total. The summed E-state index contributed by atoms with van der Waals surface area (Å²) in [5.74, 6) is -0.200. The Bertz CT molecular complexity index is 675. The maximum Gasteiger partial charge on any atom is 0.233 e. The fourth-order valence-corrected chi connectivity index (χ4v) is 2.75. The number of fused-ring (bicyclic) bond motifs is 1. The quantitative estimate of drug-likeness (QED) is 0.849. The number of rotatable bonds is 2. The molecule has 0 saturated carbocycles. The van der Waals surface area contributed by atoms with Gasteiger partial charge in [-0.1, -0.05) is 29.8 Å². The van der Waals surface area contributed by atoms with Gasteiger partial charge in [0.05, 0.1) is 10.9 Å². The average molecular weight is 352 g/mol. The second-order valence-corrected chi connectivity index (χ2v) is 5.90. The number of carbonyl (C=O) groups excluding carboxylic acids is 1. The molecule has 0 spiro atoms. The summed E-state index contributed by atoms with van der Waals surface area (Å²) in [6.45, 7) is 0.620. The van der Waals surface area contributed by atoms with Gasteiger partial charge in [-0.05, 0) is 45.8 Å². The number of hydrogen-bond acceptors (Lipinski definition) is 2. The molecule has 0 fully saturated rings. The highest BCUT2D eigenvalue weighted by Crippen LogP contribution is 2.32. The smallest absolute Gasteiger partial charge is 0.233 e. The van der Waals surface area contributed by atoms with Crippen LogP contribution in [-0.2, 0) is 4.79 Å². The molecule has 1 amide bonds. The molecule has 1 aliphatic heterocycles. The first-order chi connectivity index (χ1) is 9.65. The normalized spacial score (nSPS) is 16.4. The van der Waals surface area contributed by atoms with E-state index in [4.69, 9.17) is 11.6 Å². The van der Waals surface area contributed by atoms with Gasteiger partial charge in [0.1, 0.15) is 0 Å². The summed E-state index contributed by atoms with van der Waals surface area (Å²) in [4.78, 5) is 12.4. The summed E-state index contributed by atoms with van der Waals surface area (Å²) in [5, 5.41) is 6.73. The molecule has 0 saturated heterocycles. The van der Waals surface area contributed by atoms with Crippen molar-refractivity contribution in [2.45, 2.75) is 5.92 Å². The molecule has 0 bridgehead atoms. The largest absolute Gasteiger partial charge is 0.384 e. The van der Waals surface area contributed by atoms with Gasteiger partial charge in [0.2, 0.25) is 5.91 Å². The molecular formula is C15H12BrClN2O. The van der Waals surface area contributed by atoms with E-state index < -0.39 is 0 Å². The van der Waals surface area contributed by atoms with E-state index in [9.17, 15) is 4.79 Å². The van der Waals surface area contributed by atoms with Crippen molar-refractivity contribution in [1.82, 2.24) is 0 Å². The maximum absolute atomic E-state index is 12.4. The first kappa shape index (κ1) is 13.5. The Morgan fingerprint density at radius 3 is 2.90 bits per heavy atom. The Balaban J connectivity index is 1.79. The topological polar surface area (TPSA) is 41.1 Å². The fraction of sp³-hybridized carbons (Fsp3) is 0.133. The highest BCUT2D eigenvalue weighted by Gasteiger charge is 2.28. The van der Waals surface area contributed by atoms with Crippen molar-refractivity contribution in [3.63, 3.8) is 0 Å². The van der Waals surface area contributed by atoms with E-state index in [0.29, 0.717) is 17.3 Å². The Labute approximate surface area is 130 Å². The zero-order valence-corrected chi connectivity index (χ0v) is 12.8. The third kappa shape index (κ3) is 2.53. The minimum atomic E-state index is -0.173. The lowest BCUT2D eigenvalue weighted by molar-refractivity contribution is -0.117. The molecule has 2 aromatic carbocycles. The molecule has 5 heteroatoms. The summed E-state index contributed by atoms with van der Waals surface area (Å²) in [7, 11) is 0. The van der Waals surface area contributed by atoms with Crippen LogP contribution < -0.4 is 10.6 Å². The summed E-state index contributed by atoms with van der Waals surface area (Å²) < 4.78 is 0.810. The van der Waals surface area contributed by atoms with Crippen LogP contribution in [0.15, 0.2) is 46.9 Å². The molecule has 1 heterocycles. The second kappa shape index (κ2) is 5.46. The molecule has 2 aromatic rings. The summed E-state index contributed by atoms with van der Waals surface area (Å²) >= 11 is 9.36. The number of amides is 1. The minimum Gasteiger partial charge on any atom is -0.384 e. The van der Waals surface area contributed by atoms with Gasteiger partial charge in [0.25, 0.3) is 0 Å². The molecular weight excluding hydrogens is 340 g/mol. The van der Waals surface area contributed by atoms with Crippen LogP contribution in [0, 0.1) is 0 Å². The van der Waals surface area contributed by atoms with Crippen LogP contribution in [0.25, 0.3) is 0 Å². The minimum absolute atomic E-state index is 0.0270. The van der Waals surface area contributed by atoms with Gasteiger partial charge < -0.3 is 10.6 Å². The lowest BCUT2D eigenvalue weighted by Crippen LogP contribution is -2.22. The van der Waals surface area contributed by atoms with Crippen LogP contribution in [0.2, 0.25) is 5.02 Å². The molecule has 3 rings (SSSR count). The van der Waals surface area contributed by atoms with Crippen molar-refractivity contribution in [1.29, 1.82) is 0 Å². The number of hydrogen-bond donors (Lipinski definition) is 2. The molecule has 2 N–H and O–H groups in total. The first-order valence-electron chi connectivity index (χ1n) is 6.24. The van der Waals surface area contributed by atoms with E-state index in [2.05, 4.69) is 26.6 Å². The van der Waals surface area contributed by atoms with Crippen LogP contribution in [0.1, 0.15) is 11.5 Å². The van der Waals surface area contributed by atoms with Gasteiger partial charge in [-0.3, -0.25) is 4.79 Å². The van der Waals surface area contributed by atoms with Crippen molar-refractivity contribution < 1.29 is 4.79 Å². The van der Waals surface area contributed by atoms with E-state index in [0.717, 1.165) is 15.7 Å². The predicted molar refractivity (Wildman–Crippen MR) is 85.5 cm³/mol. The van der Waals surface area contributed by atoms with E-state index in [1.165, 1.54) is 0 Å². The van der Waals surface area contributed by atoms with Crippen molar-refractivity contribution in [3.05, 3.63) is 57.5 Å². The van der Waals surface area contributed by atoms with Crippen molar-refractivity contribution in [3.8, 4) is 0 Å². The SMILES string of the molecule is O=C(Nc1ccc(Br)c(Cl)c1)C1CNc2ccccc21. The van der Waals surface area contributed by atoms with Crippen LogP contribution in [0.4, 0.5) is 11.4 Å². The number of para-hydroxylation sites is 1. The van der Waals surface area contributed by atoms with Gasteiger partial charge >= 0.3 is 0 Å². The van der Waals surface area contributed by atoms with Crippen LogP contribution in [0.5, 0.6) is 0 Å². The van der Waals surface area contributed by atoms with Crippen molar-refractivity contribution >= 4 is 44.8 Å². The average Bonchev–Trinajstić information content (AvgIpc) is 2.87. The Kier molecular flexibility index (Phi) is 3.68. The predicted octanol–water partition coefficient (Wildman–Crippen LogP) is 4.25. The zero-order valence-electron chi connectivity index (χ0n) is 10.5. The lowest BCUT2D eigenvalue weighted by atomic mass is 10.0. The maximum atomic E-state index is 12.4. The Hall–Kier alpha value is -1.52. The molecule has 0 radical (unpaired) electrons. The third-order valence-electron chi connectivity index (χ3n) is 3.34. The fourth-order valence-electron chi connectivity index (χ4n) is 2.32. The molecule has 0 aromatic heterocycles. The van der Waals surface area contributed by atoms with Crippen molar-refractivity contribution in [2.24, 2.45) is 0 Å². The van der Waals surface area contributed by atoms with Gasteiger partial charge in [0.15, 0.2) is 0 Å². The third-order valence-corrected chi connectivity index (χ3v) is 4.57. The lowest BCUT2D eigenvalue weighted by Gasteiger charge is -2.11. The molecule has 1 atom stereocenters. The van der Waals surface area contributed by atoms with Gasteiger partial charge in [-0.2, -0.15) is 0 Å². The molecule has 102 valence electrons. The highest BCUT2D eigenvalue weighted by atomic mass is 79.9. The van der Waals surface area contributed by atoms with Crippen LogP contribution in [-0.4, -0.2) is 12.5 Å². The standard InChI is InChI=1S/C15H12BrClN2O/c16-12-6-5-9(7-13(12)17)19-15(20)11-8-18-14-4-2-1-3-10(11)14/h1-7,11,18H,8H2,(H,19,20). The number of carbonyl (C=O) groups is 1. The zero-order chi connectivity index (χ0) is 14.1. The first-order valence-corrected chi connectivity index (χ1v) is 7.41. The van der Waals surface area contributed by atoms with E-state index in [1.807, 2.05) is 36.4 Å². The molecule has 1 aliphatic rings. The van der Waals surface area contributed by atoms with E-state index in [1.54, 1.807) is 6.07 Å². The Morgan fingerprint density at radius 2 is 2.10 bits per heavy atom. The number of nitrogens with one attached hydrogen (secondary N) is 2. The van der Waals surface area contributed by atoms with Gasteiger partial charge in [-0.25, -0.2) is 0 Å². The monoisotopic (exact) mass is 350 g/mol. The summed E-state index contributed by atoms with van der Waals surface area (Å²) in [6, 6.07) is 13.2. The summed E-state index contributed by atoms with van der Waals surface area (Å²) in [6.07, 6.45) is 0. The van der Waals surface area contributed by atoms with Crippen molar-refractivity contribution in [2.75, 3.05) is 17.2 Å². The van der Waals surface area contributed by atoms with Crippen LogP contribution in [0.3, 0.4) is 0 Å². The molecule has 1 unspecified atom stereocenters. The molecule has 20 heavy (non-hydrogen) atoms. The van der Waals surface area contributed by atoms with Gasteiger partial charge in [-0.15, -0.1) is 0 Å². The Morgan fingerprint density at radius 1 is 1.30 bits per heavy atom. The van der Waals surface area contributed by atoms with Gasteiger partial charge in [0, 0.05) is 22.4 Å². The highest BCUT2D eigenvalue weighted by molar-refractivity contribution is 9.10. The second-order valence-electron chi connectivity index (χ2n) is 4.64.